The maximum Gasteiger partial charge on any atom is 0.164 e. The Bertz CT molecular complexity index is 348. The van der Waals surface area contributed by atoms with Gasteiger partial charge in [-0.25, -0.2) is 0 Å². The zero-order valence-electron chi connectivity index (χ0n) is 10.3. The largest absolute Gasteiger partial charge is 0.497 e. The second-order valence-electron chi connectivity index (χ2n) is 3.90. The molecule has 0 bridgehead atoms. The van der Waals surface area contributed by atoms with Gasteiger partial charge in [-0.05, 0) is 30.7 Å². The Kier molecular flexibility index (Phi) is 5.66. The van der Waals surface area contributed by atoms with Crippen LogP contribution in [0.15, 0.2) is 24.3 Å². The zero-order valence-corrected chi connectivity index (χ0v) is 10.3. The third kappa shape index (κ3) is 4.54. The standard InChI is InChI=1S/C13H19NO3/c1-16-8-7-11(14)9-13(15)10-3-5-12(17-2)6-4-10/h3-6,11H,7-9,14H2,1-2H3. The van der Waals surface area contributed by atoms with Crippen LogP contribution in [0.3, 0.4) is 0 Å². The normalized spacial score (nSPS) is 12.2. The molecule has 0 heterocycles. The van der Waals surface area contributed by atoms with E-state index in [1.807, 2.05) is 0 Å². The summed E-state index contributed by atoms with van der Waals surface area (Å²) in [5.74, 6) is 0.793. The Hall–Kier alpha value is -1.39. The summed E-state index contributed by atoms with van der Waals surface area (Å²) in [6, 6.07) is 6.90. The van der Waals surface area contributed by atoms with Gasteiger partial charge in [0.2, 0.25) is 0 Å². The molecule has 1 unspecified atom stereocenters. The van der Waals surface area contributed by atoms with E-state index in [1.54, 1.807) is 38.5 Å². The number of methoxy groups -OCH3 is 2. The maximum absolute atomic E-state index is 11.9. The van der Waals surface area contributed by atoms with Gasteiger partial charge in [-0.1, -0.05) is 0 Å². The Balaban J connectivity index is 2.51. The highest BCUT2D eigenvalue weighted by atomic mass is 16.5. The molecule has 4 heteroatoms. The van der Waals surface area contributed by atoms with E-state index in [4.69, 9.17) is 15.2 Å². The zero-order chi connectivity index (χ0) is 12.7. The quantitative estimate of drug-likeness (QED) is 0.732. The molecule has 4 nitrogen and oxygen atoms in total. The van der Waals surface area contributed by atoms with Crippen LogP contribution in [-0.2, 0) is 4.74 Å². The highest BCUT2D eigenvalue weighted by Gasteiger charge is 2.11. The third-order valence-corrected chi connectivity index (χ3v) is 2.55. The van der Waals surface area contributed by atoms with Crippen molar-refractivity contribution in [3.63, 3.8) is 0 Å². The van der Waals surface area contributed by atoms with Crippen LogP contribution >= 0.6 is 0 Å². The van der Waals surface area contributed by atoms with E-state index in [9.17, 15) is 4.79 Å². The SMILES string of the molecule is COCCC(N)CC(=O)c1ccc(OC)cc1. The lowest BCUT2D eigenvalue weighted by Gasteiger charge is -2.10. The van der Waals surface area contributed by atoms with Crippen LogP contribution in [0.4, 0.5) is 0 Å². The van der Waals surface area contributed by atoms with Crippen LogP contribution in [0.2, 0.25) is 0 Å². The van der Waals surface area contributed by atoms with Crippen molar-refractivity contribution in [3.05, 3.63) is 29.8 Å². The van der Waals surface area contributed by atoms with Gasteiger partial charge >= 0.3 is 0 Å². The van der Waals surface area contributed by atoms with Crippen molar-refractivity contribution in [2.45, 2.75) is 18.9 Å². The van der Waals surface area contributed by atoms with Crippen molar-refractivity contribution in [3.8, 4) is 5.75 Å². The van der Waals surface area contributed by atoms with Crippen LogP contribution in [0.1, 0.15) is 23.2 Å². The van der Waals surface area contributed by atoms with Crippen molar-refractivity contribution in [1.29, 1.82) is 0 Å². The summed E-state index contributed by atoms with van der Waals surface area (Å²) < 4.78 is 9.95. The molecule has 0 saturated carbocycles. The van der Waals surface area contributed by atoms with Crippen molar-refractivity contribution in [2.75, 3.05) is 20.8 Å². The highest BCUT2D eigenvalue weighted by molar-refractivity contribution is 5.96. The summed E-state index contributed by atoms with van der Waals surface area (Å²) in [4.78, 5) is 11.9. The molecular formula is C13H19NO3. The Morgan fingerprint density at radius 1 is 1.29 bits per heavy atom. The number of benzene rings is 1. The number of ketones is 1. The fourth-order valence-electron chi connectivity index (χ4n) is 1.50. The topological polar surface area (TPSA) is 61.5 Å². The minimum Gasteiger partial charge on any atom is -0.497 e. The smallest absolute Gasteiger partial charge is 0.164 e. The summed E-state index contributed by atoms with van der Waals surface area (Å²) >= 11 is 0. The number of rotatable bonds is 7. The second-order valence-corrected chi connectivity index (χ2v) is 3.90. The first-order valence-electron chi connectivity index (χ1n) is 5.59. The van der Waals surface area contributed by atoms with E-state index >= 15 is 0 Å². The minimum atomic E-state index is -0.149. The molecule has 0 amide bonds. The van der Waals surface area contributed by atoms with E-state index in [0.717, 1.165) is 5.75 Å². The average Bonchev–Trinajstić information content (AvgIpc) is 2.36. The lowest BCUT2D eigenvalue weighted by molar-refractivity contribution is 0.0967. The van der Waals surface area contributed by atoms with E-state index < -0.39 is 0 Å². The van der Waals surface area contributed by atoms with Crippen LogP contribution in [-0.4, -0.2) is 32.7 Å². The molecule has 1 atom stereocenters. The molecule has 1 rings (SSSR count). The predicted octanol–water partition coefficient (Wildman–Crippen LogP) is 1.63. The van der Waals surface area contributed by atoms with Crippen molar-refractivity contribution in [2.24, 2.45) is 5.73 Å². The molecule has 0 aromatic heterocycles. The van der Waals surface area contributed by atoms with Gasteiger partial charge < -0.3 is 15.2 Å². The van der Waals surface area contributed by atoms with E-state index in [-0.39, 0.29) is 11.8 Å². The molecule has 0 aliphatic carbocycles. The van der Waals surface area contributed by atoms with Gasteiger partial charge in [0.25, 0.3) is 0 Å². The molecule has 94 valence electrons. The molecule has 0 spiro atoms. The molecule has 1 aromatic carbocycles. The number of carbonyl (C=O) groups is 1. The lowest BCUT2D eigenvalue weighted by atomic mass is 10.0. The second kappa shape index (κ2) is 7.04. The minimum absolute atomic E-state index is 0.0521. The van der Waals surface area contributed by atoms with Gasteiger partial charge in [0, 0.05) is 31.7 Å². The van der Waals surface area contributed by atoms with Crippen molar-refractivity contribution in [1.82, 2.24) is 0 Å². The summed E-state index contributed by atoms with van der Waals surface area (Å²) in [6.07, 6.45) is 1.04. The maximum atomic E-state index is 11.9. The first-order valence-corrected chi connectivity index (χ1v) is 5.59. The first kappa shape index (κ1) is 13.7. The van der Waals surface area contributed by atoms with E-state index in [0.29, 0.717) is 25.0 Å². The molecule has 2 N–H and O–H groups in total. The number of Topliss-reactive ketones (excluding diaryl/α,β-unsaturated/α-hetero) is 1. The average molecular weight is 237 g/mol. The molecule has 0 saturated heterocycles. The third-order valence-electron chi connectivity index (χ3n) is 2.55. The van der Waals surface area contributed by atoms with Gasteiger partial charge in [0.15, 0.2) is 5.78 Å². The molecule has 0 fully saturated rings. The summed E-state index contributed by atoms with van der Waals surface area (Å²) in [5.41, 5.74) is 6.49. The number of ether oxygens (including phenoxy) is 2. The summed E-state index contributed by atoms with van der Waals surface area (Å²) in [7, 11) is 3.22. The van der Waals surface area contributed by atoms with Gasteiger partial charge in [-0.2, -0.15) is 0 Å². The van der Waals surface area contributed by atoms with E-state index in [1.165, 1.54) is 0 Å². The Labute approximate surface area is 102 Å². The Morgan fingerprint density at radius 3 is 2.47 bits per heavy atom. The van der Waals surface area contributed by atoms with Gasteiger partial charge in [0.1, 0.15) is 5.75 Å². The number of hydrogen-bond acceptors (Lipinski definition) is 4. The number of nitrogens with two attached hydrogens (primary N) is 1. The highest BCUT2D eigenvalue weighted by Crippen LogP contribution is 2.13. The molecular weight excluding hydrogens is 218 g/mol. The molecule has 0 aliphatic heterocycles. The molecule has 0 aliphatic rings. The van der Waals surface area contributed by atoms with Crippen LogP contribution < -0.4 is 10.5 Å². The monoisotopic (exact) mass is 237 g/mol. The number of hydrogen-bond donors (Lipinski definition) is 1. The van der Waals surface area contributed by atoms with Gasteiger partial charge in [0.05, 0.1) is 7.11 Å². The van der Waals surface area contributed by atoms with Crippen LogP contribution in [0.5, 0.6) is 5.75 Å². The van der Waals surface area contributed by atoms with Crippen LogP contribution in [0.25, 0.3) is 0 Å². The number of carbonyl (C=O) groups excluding carboxylic acids is 1. The molecule has 17 heavy (non-hydrogen) atoms. The lowest BCUT2D eigenvalue weighted by Crippen LogP contribution is -2.25. The van der Waals surface area contributed by atoms with Crippen LogP contribution in [0, 0.1) is 0 Å². The van der Waals surface area contributed by atoms with Gasteiger partial charge in [-0.15, -0.1) is 0 Å². The van der Waals surface area contributed by atoms with Crippen molar-refractivity contribution < 1.29 is 14.3 Å². The van der Waals surface area contributed by atoms with Crippen molar-refractivity contribution >= 4 is 5.78 Å². The predicted molar refractivity (Wildman–Crippen MR) is 66.4 cm³/mol. The summed E-state index contributed by atoms with van der Waals surface area (Å²) in [5, 5.41) is 0. The van der Waals surface area contributed by atoms with Gasteiger partial charge in [-0.3, -0.25) is 4.79 Å². The van der Waals surface area contributed by atoms with E-state index in [2.05, 4.69) is 0 Å². The summed E-state index contributed by atoms with van der Waals surface area (Å²) in [6.45, 7) is 0.580. The Morgan fingerprint density at radius 2 is 1.94 bits per heavy atom. The fourth-order valence-corrected chi connectivity index (χ4v) is 1.50. The first-order chi connectivity index (χ1) is 8.17. The fraction of sp³-hybridized carbons (Fsp3) is 0.462. The molecule has 1 aromatic rings. The molecule has 0 radical (unpaired) electrons.